The van der Waals surface area contributed by atoms with Crippen LogP contribution in [0.2, 0.25) is 0 Å². The first-order valence-corrected chi connectivity index (χ1v) is 4.86. The largest absolute Gasteiger partial charge is 0.384 e. The van der Waals surface area contributed by atoms with Crippen LogP contribution < -0.4 is 0 Å². The van der Waals surface area contributed by atoms with Crippen LogP contribution in [0.5, 0.6) is 0 Å². The van der Waals surface area contributed by atoms with Gasteiger partial charge in [0.2, 0.25) is 3.79 Å². The molecule has 0 aliphatic carbocycles. The van der Waals surface area contributed by atoms with Gasteiger partial charge < -0.3 is 5.11 Å². The standard InChI is InChI=1S/C9H9Cl3O/c1-6-4-2-3-5-7(6)8(13)9(10,11)12/h2-5,8,13H,1H3/t8-/m1/s1. The van der Waals surface area contributed by atoms with Gasteiger partial charge in [0, 0.05) is 0 Å². The predicted octanol–water partition coefficient (Wildman–Crippen LogP) is 3.40. The van der Waals surface area contributed by atoms with E-state index in [0.29, 0.717) is 5.56 Å². The van der Waals surface area contributed by atoms with Crippen molar-refractivity contribution in [2.45, 2.75) is 16.8 Å². The summed E-state index contributed by atoms with van der Waals surface area (Å²) < 4.78 is -1.67. The highest BCUT2D eigenvalue weighted by Gasteiger charge is 2.32. The number of alkyl halides is 3. The van der Waals surface area contributed by atoms with Gasteiger partial charge in [-0.2, -0.15) is 0 Å². The number of halogens is 3. The summed E-state index contributed by atoms with van der Waals surface area (Å²) >= 11 is 16.7. The number of aryl methyl sites for hydroxylation is 1. The van der Waals surface area contributed by atoms with Gasteiger partial charge in [-0.15, -0.1) is 0 Å². The molecule has 0 fully saturated rings. The van der Waals surface area contributed by atoms with Gasteiger partial charge in [0.05, 0.1) is 0 Å². The maximum absolute atomic E-state index is 9.64. The van der Waals surface area contributed by atoms with Crippen molar-refractivity contribution in [2.75, 3.05) is 0 Å². The fraction of sp³-hybridized carbons (Fsp3) is 0.333. The Morgan fingerprint density at radius 1 is 1.23 bits per heavy atom. The molecule has 4 heteroatoms. The van der Waals surface area contributed by atoms with Crippen LogP contribution in [0, 0.1) is 6.92 Å². The van der Waals surface area contributed by atoms with E-state index in [1.54, 1.807) is 12.1 Å². The SMILES string of the molecule is Cc1ccccc1[C@@H](O)C(Cl)(Cl)Cl. The van der Waals surface area contributed by atoms with Crippen molar-refractivity contribution in [1.82, 2.24) is 0 Å². The maximum Gasteiger partial charge on any atom is 0.220 e. The van der Waals surface area contributed by atoms with Crippen LogP contribution in [0.3, 0.4) is 0 Å². The summed E-state index contributed by atoms with van der Waals surface area (Å²) in [5.74, 6) is 0. The van der Waals surface area contributed by atoms with Crippen molar-refractivity contribution in [3.63, 3.8) is 0 Å². The van der Waals surface area contributed by atoms with E-state index >= 15 is 0 Å². The lowest BCUT2D eigenvalue weighted by molar-refractivity contribution is 0.181. The molecule has 72 valence electrons. The van der Waals surface area contributed by atoms with Gasteiger partial charge >= 0.3 is 0 Å². The van der Waals surface area contributed by atoms with Gasteiger partial charge in [-0.1, -0.05) is 59.1 Å². The molecule has 13 heavy (non-hydrogen) atoms. The zero-order chi connectivity index (χ0) is 10.1. The molecule has 0 spiro atoms. The molecule has 0 aliphatic rings. The number of rotatable bonds is 1. The molecular formula is C9H9Cl3O. The normalized spacial score (nSPS) is 14.2. The lowest BCUT2D eigenvalue weighted by Gasteiger charge is -2.20. The Labute approximate surface area is 92.2 Å². The van der Waals surface area contributed by atoms with Crippen molar-refractivity contribution in [1.29, 1.82) is 0 Å². The Kier molecular flexibility index (Phi) is 3.47. The second-order valence-corrected chi connectivity index (χ2v) is 5.17. The molecule has 0 heterocycles. The lowest BCUT2D eigenvalue weighted by Crippen LogP contribution is -2.17. The Bertz CT molecular complexity index is 293. The number of hydrogen-bond acceptors (Lipinski definition) is 1. The summed E-state index contributed by atoms with van der Waals surface area (Å²) in [5.41, 5.74) is 1.55. The van der Waals surface area contributed by atoms with E-state index in [4.69, 9.17) is 34.8 Å². The zero-order valence-electron chi connectivity index (χ0n) is 6.97. The fourth-order valence-corrected chi connectivity index (χ4v) is 1.42. The molecule has 0 aliphatic heterocycles. The van der Waals surface area contributed by atoms with Crippen LogP contribution in [0.4, 0.5) is 0 Å². The van der Waals surface area contributed by atoms with Gasteiger partial charge in [-0.25, -0.2) is 0 Å². The molecule has 1 aromatic rings. The van der Waals surface area contributed by atoms with E-state index in [9.17, 15) is 5.11 Å². The minimum absolute atomic E-state index is 0.641. The molecule has 1 nitrogen and oxygen atoms in total. The Morgan fingerprint density at radius 2 is 1.77 bits per heavy atom. The smallest absolute Gasteiger partial charge is 0.220 e. The highest BCUT2D eigenvalue weighted by molar-refractivity contribution is 6.68. The first-order chi connectivity index (χ1) is 5.93. The predicted molar refractivity (Wildman–Crippen MR) is 56.4 cm³/mol. The highest BCUT2D eigenvalue weighted by Crippen LogP contribution is 2.40. The van der Waals surface area contributed by atoms with E-state index in [-0.39, 0.29) is 0 Å². The summed E-state index contributed by atoms with van der Waals surface area (Å²) in [6, 6.07) is 7.25. The topological polar surface area (TPSA) is 20.2 Å². The van der Waals surface area contributed by atoms with Gasteiger partial charge in [0.15, 0.2) is 0 Å². The molecule has 0 unspecified atom stereocenters. The average molecular weight is 240 g/mol. The van der Waals surface area contributed by atoms with Crippen molar-refractivity contribution in [2.24, 2.45) is 0 Å². The number of aliphatic hydroxyl groups is 1. The highest BCUT2D eigenvalue weighted by atomic mass is 35.6. The number of benzene rings is 1. The first kappa shape index (κ1) is 11.1. The molecule has 1 rings (SSSR count). The summed E-state index contributed by atoms with van der Waals surface area (Å²) in [6.45, 7) is 1.86. The molecule has 0 saturated carbocycles. The molecule has 0 bridgehead atoms. The molecule has 0 aromatic heterocycles. The van der Waals surface area contributed by atoms with Gasteiger partial charge in [-0.3, -0.25) is 0 Å². The Morgan fingerprint density at radius 3 is 2.23 bits per heavy atom. The summed E-state index contributed by atoms with van der Waals surface area (Å²) in [5, 5.41) is 9.64. The monoisotopic (exact) mass is 238 g/mol. The second kappa shape index (κ2) is 4.05. The van der Waals surface area contributed by atoms with E-state index in [1.807, 2.05) is 19.1 Å². The molecule has 0 amide bonds. The Balaban J connectivity index is 3.02. The maximum atomic E-state index is 9.64. The van der Waals surface area contributed by atoms with Gasteiger partial charge in [-0.05, 0) is 18.1 Å². The van der Waals surface area contributed by atoms with Gasteiger partial charge in [0.25, 0.3) is 0 Å². The van der Waals surface area contributed by atoms with Gasteiger partial charge in [0.1, 0.15) is 6.10 Å². The third kappa shape index (κ3) is 2.75. The van der Waals surface area contributed by atoms with E-state index in [0.717, 1.165) is 5.56 Å². The summed E-state index contributed by atoms with van der Waals surface area (Å²) in [7, 11) is 0. The molecule has 1 aromatic carbocycles. The lowest BCUT2D eigenvalue weighted by atomic mass is 10.0. The van der Waals surface area contributed by atoms with E-state index in [2.05, 4.69) is 0 Å². The second-order valence-electron chi connectivity index (χ2n) is 2.80. The van der Waals surface area contributed by atoms with E-state index in [1.165, 1.54) is 0 Å². The summed E-state index contributed by atoms with van der Waals surface area (Å²) in [4.78, 5) is 0. The first-order valence-electron chi connectivity index (χ1n) is 3.73. The van der Waals surface area contributed by atoms with E-state index < -0.39 is 9.90 Å². The summed E-state index contributed by atoms with van der Waals surface area (Å²) in [6.07, 6.45) is -1.08. The number of aliphatic hydroxyl groups excluding tert-OH is 1. The van der Waals surface area contributed by atoms with Crippen LogP contribution in [0.25, 0.3) is 0 Å². The zero-order valence-corrected chi connectivity index (χ0v) is 9.24. The third-order valence-electron chi connectivity index (χ3n) is 1.79. The minimum Gasteiger partial charge on any atom is -0.384 e. The van der Waals surface area contributed by atoms with Crippen LogP contribution in [0.1, 0.15) is 17.2 Å². The van der Waals surface area contributed by atoms with Crippen molar-refractivity contribution >= 4 is 34.8 Å². The van der Waals surface area contributed by atoms with Crippen LogP contribution in [-0.4, -0.2) is 8.90 Å². The molecular weight excluding hydrogens is 230 g/mol. The molecule has 1 atom stereocenters. The van der Waals surface area contributed by atoms with Crippen LogP contribution in [0.15, 0.2) is 24.3 Å². The van der Waals surface area contributed by atoms with Crippen molar-refractivity contribution in [3.05, 3.63) is 35.4 Å². The van der Waals surface area contributed by atoms with Crippen LogP contribution >= 0.6 is 34.8 Å². The third-order valence-corrected chi connectivity index (χ3v) is 2.41. The average Bonchev–Trinajstić information content (AvgIpc) is 2.02. The van der Waals surface area contributed by atoms with Crippen molar-refractivity contribution < 1.29 is 5.11 Å². The fourth-order valence-electron chi connectivity index (χ4n) is 1.07. The molecule has 0 saturated heterocycles. The Hall–Kier alpha value is 0.0500. The van der Waals surface area contributed by atoms with Crippen LogP contribution in [-0.2, 0) is 0 Å². The number of hydrogen-bond donors (Lipinski definition) is 1. The molecule has 1 N–H and O–H groups in total. The molecule has 0 radical (unpaired) electrons. The quantitative estimate of drug-likeness (QED) is 0.745. The minimum atomic E-state index is -1.67. The van der Waals surface area contributed by atoms with Crippen molar-refractivity contribution in [3.8, 4) is 0 Å².